The number of nitrogens with zero attached hydrogens (tertiary/aromatic N) is 2. The molecule has 0 saturated heterocycles. The molecule has 0 spiro atoms. The molecule has 3 nitrogen and oxygen atoms in total. The van der Waals surface area contributed by atoms with E-state index in [1.165, 1.54) is 0 Å². The Labute approximate surface area is 217 Å². The zero-order valence-electron chi connectivity index (χ0n) is 20.6. The highest BCUT2D eigenvalue weighted by Gasteiger charge is 2.38. The highest BCUT2D eigenvalue weighted by Crippen LogP contribution is 2.41. The van der Waals surface area contributed by atoms with Gasteiger partial charge in [0.05, 0.1) is 12.0 Å². The minimum atomic E-state index is -0.607. The van der Waals surface area contributed by atoms with Crippen molar-refractivity contribution < 1.29 is 4.79 Å². The molecule has 0 amide bonds. The van der Waals surface area contributed by atoms with Crippen LogP contribution >= 0.6 is 0 Å². The Morgan fingerprint density at radius 1 is 0.676 bits per heavy atom. The van der Waals surface area contributed by atoms with E-state index in [4.69, 9.17) is 4.98 Å². The van der Waals surface area contributed by atoms with Crippen LogP contribution in [0.15, 0.2) is 133 Å². The van der Waals surface area contributed by atoms with Gasteiger partial charge in [0.1, 0.15) is 5.54 Å². The zero-order valence-corrected chi connectivity index (χ0v) is 20.6. The minimum Gasteiger partial charge on any atom is -0.318 e. The normalized spacial score (nSPS) is 14.8. The number of ketones is 1. The maximum Gasteiger partial charge on any atom is 0.158 e. The van der Waals surface area contributed by atoms with Gasteiger partial charge >= 0.3 is 0 Å². The molecule has 37 heavy (non-hydrogen) atoms. The van der Waals surface area contributed by atoms with Crippen molar-refractivity contribution in [3.05, 3.63) is 156 Å². The highest BCUT2D eigenvalue weighted by atomic mass is 16.1. The molecule has 0 radical (unpaired) electrons. The fraction of sp³-hybridized carbons (Fsp3) is 0.118. The molecule has 5 aromatic rings. The van der Waals surface area contributed by atoms with E-state index >= 15 is 0 Å². The summed E-state index contributed by atoms with van der Waals surface area (Å²) in [6, 6.07) is 40.0. The van der Waals surface area contributed by atoms with Crippen molar-refractivity contribution in [2.45, 2.75) is 24.8 Å². The number of allylic oxidation sites excluding steroid dienone is 1. The molecule has 0 aliphatic heterocycles. The summed E-state index contributed by atoms with van der Waals surface area (Å²) >= 11 is 0. The zero-order chi connectivity index (χ0) is 25.1. The van der Waals surface area contributed by atoms with Gasteiger partial charge in [0.2, 0.25) is 0 Å². The number of rotatable bonds is 6. The number of imidazole rings is 1. The van der Waals surface area contributed by atoms with Crippen molar-refractivity contribution in [1.29, 1.82) is 0 Å². The average molecular weight is 481 g/mol. The summed E-state index contributed by atoms with van der Waals surface area (Å²) < 4.78 is 2.23. The summed E-state index contributed by atoms with van der Waals surface area (Å²) in [4.78, 5) is 17.3. The lowest BCUT2D eigenvalue weighted by atomic mass is 9.77. The molecule has 1 aliphatic rings. The molecule has 0 atom stereocenters. The van der Waals surface area contributed by atoms with Crippen LogP contribution in [0.25, 0.3) is 17.3 Å². The molecule has 1 aromatic heterocycles. The number of Topliss-reactive ketones (excluding diaryl/α,β-unsaturated/α-hetero) is 1. The van der Waals surface area contributed by atoms with Crippen LogP contribution in [0.4, 0.5) is 0 Å². The summed E-state index contributed by atoms with van der Waals surface area (Å²) in [5.41, 5.74) is 6.71. The molecule has 1 saturated carbocycles. The largest absolute Gasteiger partial charge is 0.318 e. The molecule has 4 aromatic carbocycles. The lowest BCUT2D eigenvalue weighted by Gasteiger charge is -2.37. The van der Waals surface area contributed by atoms with E-state index in [0.717, 1.165) is 51.9 Å². The Morgan fingerprint density at radius 2 is 1.22 bits per heavy atom. The van der Waals surface area contributed by atoms with E-state index in [0.29, 0.717) is 6.42 Å². The summed E-state index contributed by atoms with van der Waals surface area (Å²) in [6.07, 6.45) is 8.57. The van der Waals surface area contributed by atoms with Crippen molar-refractivity contribution in [1.82, 2.24) is 9.55 Å². The van der Waals surface area contributed by atoms with E-state index in [2.05, 4.69) is 120 Å². The molecule has 1 fully saturated rings. The van der Waals surface area contributed by atoms with Crippen LogP contribution in [-0.4, -0.2) is 15.3 Å². The van der Waals surface area contributed by atoms with Crippen LogP contribution in [0.3, 0.4) is 0 Å². The molecule has 3 heteroatoms. The van der Waals surface area contributed by atoms with Gasteiger partial charge in [0, 0.05) is 18.2 Å². The van der Waals surface area contributed by atoms with Gasteiger partial charge in [-0.3, -0.25) is 4.79 Å². The SMILES string of the molecule is O=C1CCCC1=Cc1ccccc1-c1cn(C(c2ccccc2)(c2ccccc2)c2ccccc2)cn1. The second kappa shape index (κ2) is 9.87. The average Bonchev–Trinajstić information content (AvgIpc) is 3.61. The number of benzene rings is 4. The molecule has 1 aliphatic carbocycles. The van der Waals surface area contributed by atoms with Gasteiger partial charge in [-0.1, -0.05) is 115 Å². The van der Waals surface area contributed by atoms with Gasteiger partial charge in [-0.2, -0.15) is 0 Å². The van der Waals surface area contributed by atoms with Crippen LogP contribution in [0.5, 0.6) is 0 Å². The van der Waals surface area contributed by atoms with Crippen molar-refractivity contribution in [3.8, 4) is 11.3 Å². The van der Waals surface area contributed by atoms with Gasteiger partial charge in [-0.25, -0.2) is 4.98 Å². The molecule has 0 unspecified atom stereocenters. The maximum absolute atomic E-state index is 12.3. The van der Waals surface area contributed by atoms with Gasteiger partial charge in [-0.15, -0.1) is 0 Å². The van der Waals surface area contributed by atoms with Crippen LogP contribution in [-0.2, 0) is 10.3 Å². The first-order chi connectivity index (χ1) is 18.3. The van der Waals surface area contributed by atoms with Crippen LogP contribution in [0, 0.1) is 0 Å². The quantitative estimate of drug-likeness (QED) is 0.186. The number of aromatic nitrogens is 2. The number of carbonyl (C=O) groups excluding carboxylic acids is 1. The highest BCUT2D eigenvalue weighted by molar-refractivity contribution is 6.02. The number of hydrogen-bond acceptors (Lipinski definition) is 2. The van der Waals surface area contributed by atoms with Crippen LogP contribution < -0.4 is 0 Å². The van der Waals surface area contributed by atoms with Gasteiger partial charge < -0.3 is 4.57 Å². The number of carbonyl (C=O) groups is 1. The van der Waals surface area contributed by atoms with Gasteiger partial charge in [0.25, 0.3) is 0 Å². The van der Waals surface area contributed by atoms with Gasteiger partial charge in [0.15, 0.2) is 5.78 Å². The third-order valence-electron chi connectivity index (χ3n) is 7.32. The van der Waals surface area contributed by atoms with Gasteiger partial charge in [-0.05, 0) is 46.7 Å². The maximum atomic E-state index is 12.3. The molecule has 0 N–H and O–H groups in total. The predicted molar refractivity (Wildman–Crippen MR) is 149 cm³/mol. The third-order valence-corrected chi connectivity index (χ3v) is 7.32. The molecule has 1 heterocycles. The summed E-state index contributed by atoms with van der Waals surface area (Å²) in [6.45, 7) is 0. The second-order valence-corrected chi connectivity index (χ2v) is 9.51. The summed E-state index contributed by atoms with van der Waals surface area (Å²) in [5.74, 6) is 0.261. The molecule has 0 bridgehead atoms. The van der Waals surface area contributed by atoms with E-state index in [9.17, 15) is 4.79 Å². The minimum absolute atomic E-state index is 0.261. The Balaban J connectivity index is 1.57. The standard InChI is InChI=1S/C34H28N2O/c37-33-22-12-14-27(33)23-26-13-10-11-21-31(26)32-24-36(25-35-32)34(28-15-4-1-5-16-28,29-17-6-2-7-18-29)30-19-8-3-9-20-30/h1-11,13,15-21,23-25H,12,14,22H2. The monoisotopic (exact) mass is 480 g/mol. The Hall–Kier alpha value is -4.50. The lowest BCUT2D eigenvalue weighted by Crippen LogP contribution is -2.36. The van der Waals surface area contributed by atoms with E-state index in [1.54, 1.807) is 0 Å². The molecule has 6 rings (SSSR count). The topological polar surface area (TPSA) is 34.9 Å². The first-order valence-electron chi connectivity index (χ1n) is 12.8. The molecular weight excluding hydrogens is 452 g/mol. The van der Waals surface area contributed by atoms with Crippen molar-refractivity contribution in [3.63, 3.8) is 0 Å². The first kappa shape index (κ1) is 22.9. The van der Waals surface area contributed by atoms with E-state index in [1.807, 2.05) is 18.5 Å². The van der Waals surface area contributed by atoms with E-state index in [-0.39, 0.29) is 5.78 Å². The first-order valence-corrected chi connectivity index (χ1v) is 12.8. The third kappa shape index (κ3) is 4.13. The molecular formula is C34H28N2O. The number of hydrogen-bond donors (Lipinski definition) is 0. The summed E-state index contributed by atoms with van der Waals surface area (Å²) in [5, 5.41) is 0. The molecule has 180 valence electrons. The second-order valence-electron chi connectivity index (χ2n) is 9.51. The Morgan fingerprint density at radius 3 is 1.76 bits per heavy atom. The van der Waals surface area contributed by atoms with Crippen LogP contribution in [0.2, 0.25) is 0 Å². The van der Waals surface area contributed by atoms with Crippen molar-refractivity contribution >= 4 is 11.9 Å². The Bertz CT molecular complexity index is 1450. The lowest BCUT2D eigenvalue weighted by molar-refractivity contribution is -0.114. The van der Waals surface area contributed by atoms with Crippen molar-refractivity contribution in [2.75, 3.05) is 0 Å². The van der Waals surface area contributed by atoms with Crippen molar-refractivity contribution in [2.24, 2.45) is 0 Å². The summed E-state index contributed by atoms with van der Waals surface area (Å²) in [7, 11) is 0. The smallest absolute Gasteiger partial charge is 0.158 e. The van der Waals surface area contributed by atoms with E-state index < -0.39 is 5.54 Å². The fourth-order valence-corrected chi connectivity index (χ4v) is 5.57. The van der Waals surface area contributed by atoms with Crippen LogP contribution in [0.1, 0.15) is 41.5 Å². The Kier molecular flexibility index (Phi) is 6.11. The fourth-order valence-electron chi connectivity index (χ4n) is 5.57. The predicted octanol–water partition coefficient (Wildman–Crippen LogP) is 7.53.